The van der Waals surface area contributed by atoms with E-state index in [1.54, 1.807) is 0 Å². The van der Waals surface area contributed by atoms with E-state index in [1.165, 1.54) is 5.56 Å². The van der Waals surface area contributed by atoms with E-state index in [-0.39, 0.29) is 12.1 Å². The second-order valence-corrected chi connectivity index (χ2v) is 7.43. The summed E-state index contributed by atoms with van der Waals surface area (Å²) in [5.74, 6) is 0. The lowest BCUT2D eigenvalue weighted by atomic mass is 9.85. The Hall–Kier alpha value is -1.55. The van der Waals surface area contributed by atoms with Crippen LogP contribution in [0.5, 0.6) is 0 Å². The minimum atomic E-state index is -0.439. The van der Waals surface area contributed by atoms with Gasteiger partial charge >= 0.3 is 6.09 Å². The van der Waals surface area contributed by atoms with Crippen molar-refractivity contribution in [2.75, 3.05) is 0 Å². The van der Waals surface area contributed by atoms with E-state index in [2.05, 4.69) is 47.9 Å². The molecule has 0 spiro atoms. The summed E-state index contributed by atoms with van der Waals surface area (Å²) in [6.45, 7) is 7.86. The van der Waals surface area contributed by atoms with E-state index < -0.39 is 5.60 Å². The molecular formula is C19H30N2O2. The standard InChI is InChI=1S/C19H30N2O2/c1-5-9-17(14-10-7-6-8-11-14)20-15-12-16(13-15)21-18(22)23-19(2,3)4/h6-8,10-11,15-17,20H,5,9,12-13H2,1-4H3,(H,21,22). The van der Waals surface area contributed by atoms with Crippen LogP contribution in [0.4, 0.5) is 4.79 Å². The lowest BCUT2D eigenvalue weighted by Crippen LogP contribution is -2.53. The van der Waals surface area contributed by atoms with Crippen LogP contribution in [0.25, 0.3) is 0 Å². The van der Waals surface area contributed by atoms with E-state index in [1.807, 2.05) is 20.8 Å². The minimum absolute atomic E-state index is 0.223. The maximum absolute atomic E-state index is 11.8. The molecule has 1 amide bonds. The molecule has 2 N–H and O–H groups in total. The zero-order valence-corrected chi connectivity index (χ0v) is 14.8. The Morgan fingerprint density at radius 3 is 2.43 bits per heavy atom. The second kappa shape index (κ2) is 7.82. The van der Waals surface area contributed by atoms with Gasteiger partial charge in [-0.05, 0) is 45.6 Å². The van der Waals surface area contributed by atoms with Crippen LogP contribution in [0.2, 0.25) is 0 Å². The second-order valence-electron chi connectivity index (χ2n) is 7.43. The molecule has 1 aliphatic rings. The number of amides is 1. The quantitative estimate of drug-likeness (QED) is 0.827. The molecule has 0 aromatic heterocycles. The summed E-state index contributed by atoms with van der Waals surface area (Å²) in [7, 11) is 0. The Labute approximate surface area is 140 Å². The largest absolute Gasteiger partial charge is 0.444 e. The molecule has 0 saturated heterocycles. The van der Waals surface area contributed by atoms with Crippen molar-refractivity contribution in [3.8, 4) is 0 Å². The number of nitrogens with one attached hydrogen (secondary N) is 2. The van der Waals surface area contributed by atoms with Gasteiger partial charge in [-0.2, -0.15) is 0 Å². The average molecular weight is 318 g/mol. The number of ether oxygens (including phenoxy) is 1. The number of carbonyl (C=O) groups is 1. The Bertz CT molecular complexity index is 490. The van der Waals surface area contributed by atoms with Crippen molar-refractivity contribution in [2.24, 2.45) is 0 Å². The number of hydrogen-bond acceptors (Lipinski definition) is 3. The predicted octanol–water partition coefficient (Wildman–Crippen LogP) is 4.17. The maximum atomic E-state index is 11.8. The zero-order valence-electron chi connectivity index (χ0n) is 14.8. The predicted molar refractivity (Wildman–Crippen MR) is 93.4 cm³/mol. The van der Waals surface area contributed by atoms with Gasteiger partial charge in [0, 0.05) is 18.1 Å². The van der Waals surface area contributed by atoms with Crippen molar-refractivity contribution >= 4 is 6.09 Å². The van der Waals surface area contributed by atoms with E-state index in [0.29, 0.717) is 12.1 Å². The number of carbonyl (C=O) groups excluding carboxylic acids is 1. The van der Waals surface area contributed by atoms with Crippen molar-refractivity contribution in [1.82, 2.24) is 10.6 Å². The third-order valence-electron chi connectivity index (χ3n) is 4.08. The maximum Gasteiger partial charge on any atom is 0.407 e. The van der Waals surface area contributed by atoms with Crippen molar-refractivity contribution in [3.63, 3.8) is 0 Å². The molecule has 0 bridgehead atoms. The normalized spacial score (nSPS) is 22.1. The van der Waals surface area contributed by atoms with Crippen molar-refractivity contribution in [2.45, 2.75) is 77.1 Å². The average Bonchev–Trinajstić information content (AvgIpc) is 2.43. The van der Waals surface area contributed by atoms with E-state index in [4.69, 9.17) is 4.74 Å². The van der Waals surface area contributed by atoms with Crippen LogP contribution in [0.1, 0.15) is 65.0 Å². The fraction of sp³-hybridized carbons (Fsp3) is 0.632. The molecule has 4 nitrogen and oxygen atoms in total. The molecule has 1 aromatic rings. The molecule has 1 saturated carbocycles. The smallest absolute Gasteiger partial charge is 0.407 e. The molecule has 0 radical (unpaired) electrons. The zero-order chi connectivity index (χ0) is 16.9. The van der Waals surface area contributed by atoms with Gasteiger partial charge in [0.1, 0.15) is 5.60 Å². The Morgan fingerprint density at radius 1 is 1.22 bits per heavy atom. The van der Waals surface area contributed by atoms with E-state index in [0.717, 1.165) is 25.7 Å². The Balaban J connectivity index is 1.77. The number of benzene rings is 1. The van der Waals surface area contributed by atoms with Gasteiger partial charge in [-0.15, -0.1) is 0 Å². The van der Waals surface area contributed by atoms with Crippen molar-refractivity contribution < 1.29 is 9.53 Å². The molecule has 1 aromatic carbocycles. The first-order valence-electron chi connectivity index (χ1n) is 8.68. The summed E-state index contributed by atoms with van der Waals surface area (Å²) < 4.78 is 5.30. The summed E-state index contributed by atoms with van der Waals surface area (Å²) >= 11 is 0. The van der Waals surface area contributed by atoms with Gasteiger partial charge in [-0.25, -0.2) is 4.79 Å². The molecule has 23 heavy (non-hydrogen) atoms. The first kappa shape index (κ1) is 17.8. The molecule has 1 atom stereocenters. The summed E-state index contributed by atoms with van der Waals surface area (Å²) in [6, 6.07) is 11.7. The molecule has 0 heterocycles. The molecule has 1 fully saturated rings. The topological polar surface area (TPSA) is 50.4 Å². The number of alkyl carbamates (subject to hydrolysis) is 1. The lowest BCUT2D eigenvalue weighted by Gasteiger charge is -2.39. The van der Waals surface area contributed by atoms with Gasteiger partial charge in [0.15, 0.2) is 0 Å². The first-order valence-corrected chi connectivity index (χ1v) is 8.68. The summed E-state index contributed by atoms with van der Waals surface area (Å²) in [6.07, 6.45) is 3.90. The van der Waals surface area contributed by atoms with Gasteiger partial charge < -0.3 is 15.4 Å². The SMILES string of the molecule is CCCC(NC1CC(NC(=O)OC(C)(C)C)C1)c1ccccc1. The van der Waals surface area contributed by atoms with E-state index >= 15 is 0 Å². The molecule has 2 rings (SSSR count). The summed E-state index contributed by atoms with van der Waals surface area (Å²) in [4.78, 5) is 11.8. The molecule has 1 unspecified atom stereocenters. The minimum Gasteiger partial charge on any atom is -0.444 e. The highest BCUT2D eigenvalue weighted by Gasteiger charge is 2.32. The molecule has 128 valence electrons. The van der Waals surface area contributed by atoms with Crippen LogP contribution in [0.15, 0.2) is 30.3 Å². The van der Waals surface area contributed by atoms with Crippen LogP contribution in [-0.2, 0) is 4.74 Å². The lowest BCUT2D eigenvalue weighted by molar-refractivity contribution is 0.0462. The number of rotatable bonds is 6. The molecule has 0 aliphatic heterocycles. The molecule has 1 aliphatic carbocycles. The van der Waals surface area contributed by atoms with Gasteiger partial charge in [0.2, 0.25) is 0 Å². The molecular weight excluding hydrogens is 288 g/mol. The van der Waals surface area contributed by atoms with Crippen LogP contribution < -0.4 is 10.6 Å². The van der Waals surface area contributed by atoms with Crippen LogP contribution >= 0.6 is 0 Å². The Morgan fingerprint density at radius 2 is 1.87 bits per heavy atom. The van der Waals surface area contributed by atoms with Crippen LogP contribution in [0, 0.1) is 0 Å². The monoisotopic (exact) mass is 318 g/mol. The molecule has 4 heteroatoms. The highest BCUT2D eigenvalue weighted by atomic mass is 16.6. The highest BCUT2D eigenvalue weighted by Crippen LogP contribution is 2.26. The van der Waals surface area contributed by atoms with Crippen LogP contribution in [-0.4, -0.2) is 23.8 Å². The fourth-order valence-corrected chi connectivity index (χ4v) is 2.95. The highest BCUT2D eigenvalue weighted by molar-refractivity contribution is 5.68. The van der Waals surface area contributed by atoms with Gasteiger partial charge in [0.05, 0.1) is 0 Å². The van der Waals surface area contributed by atoms with Crippen LogP contribution in [0.3, 0.4) is 0 Å². The van der Waals surface area contributed by atoms with Gasteiger partial charge in [-0.3, -0.25) is 0 Å². The Kier molecular flexibility index (Phi) is 6.05. The van der Waals surface area contributed by atoms with E-state index in [9.17, 15) is 4.79 Å². The van der Waals surface area contributed by atoms with Gasteiger partial charge in [0.25, 0.3) is 0 Å². The third-order valence-corrected chi connectivity index (χ3v) is 4.08. The number of hydrogen-bond donors (Lipinski definition) is 2. The first-order chi connectivity index (χ1) is 10.9. The van der Waals surface area contributed by atoms with Crippen molar-refractivity contribution in [1.29, 1.82) is 0 Å². The van der Waals surface area contributed by atoms with Gasteiger partial charge in [-0.1, -0.05) is 43.7 Å². The fourth-order valence-electron chi connectivity index (χ4n) is 2.95. The van der Waals surface area contributed by atoms with Crippen molar-refractivity contribution in [3.05, 3.63) is 35.9 Å². The summed E-state index contributed by atoms with van der Waals surface area (Å²) in [5, 5.41) is 6.68. The summed E-state index contributed by atoms with van der Waals surface area (Å²) in [5.41, 5.74) is 0.906. The third kappa shape index (κ3) is 5.87.